The van der Waals surface area contributed by atoms with Crippen molar-refractivity contribution in [3.05, 3.63) is 42.4 Å². The normalized spacial score (nSPS) is 17.6. The summed E-state index contributed by atoms with van der Waals surface area (Å²) in [6.45, 7) is 2.06. The van der Waals surface area contributed by atoms with Gasteiger partial charge in [0.05, 0.1) is 35.7 Å². The van der Waals surface area contributed by atoms with Crippen molar-refractivity contribution in [1.29, 1.82) is 0 Å². The van der Waals surface area contributed by atoms with Crippen LogP contribution in [0.2, 0.25) is 0 Å². The first-order chi connectivity index (χ1) is 14.7. The number of hydrogen-bond acceptors (Lipinski definition) is 7. The Balaban J connectivity index is 1.37. The molecular formula is C23H26N6O. The number of hydrogen-bond donors (Lipinski definition) is 2. The molecule has 2 aliphatic rings. The molecule has 0 radical (unpaired) electrons. The predicted molar refractivity (Wildman–Crippen MR) is 116 cm³/mol. The number of carbonyl (C=O) groups excluding carboxylic acids is 1. The van der Waals surface area contributed by atoms with Crippen LogP contribution in [-0.2, 0) is 11.2 Å². The smallest absolute Gasteiger partial charge is 0.145 e. The Bertz CT molecular complexity index is 1060. The van der Waals surface area contributed by atoms with E-state index < -0.39 is 0 Å². The van der Waals surface area contributed by atoms with Crippen molar-refractivity contribution >= 4 is 22.5 Å². The second-order valence-electron chi connectivity index (χ2n) is 8.34. The zero-order chi connectivity index (χ0) is 20.3. The molecule has 154 valence electrons. The maximum Gasteiger partial charge on any atom is 0.145 e. The van der Waals surface area contributed by atoms with E-state index in [0.29, 0.717) is 12.5 Å². The van der Waals surface area contributed by atoms with Gasteiger partial charge in [0.2, 0.25) is 0 Å². The SMILES string of the molecule is O=C(Cc1cc2cc(-c3cncc(NC4CCNCC4)n3)ccc2nn1)C1CCC1. The Morgan fingerprint density at radius 2 is 1.93 bits per heavy atom. The number of carbonyl (C=O) groups is 1. The summed E-state index contributed by atoms with van der Waals surface area (Å²) in [4.78, 5) is 21.5. The number of piperidine rings is 1. The van der Waals surface area contributed by atoms with Crippen molar-refractivity contribution < 1.29 is 4.79 Å². The molecule has 0 bridgehead atoms. The highest BCUT2D eigenvalue weighted by molar-refractivity contribution is 5.86. The lowest BCUT2D eigenvalue weighted by Gasteiger charge is -2.24. The molecule has 1 aromatic carbocycles. The summed E-state index contributed by atoms with van der Waals surface area (Å²) in [5.41, 5.74) is 3.35. The number of Topliss-reactive ketones (excluding diaryl/α,β-unsaturated/α-hetero) is 1. The fourth-order valence-electron chi connectivity index (χ4n) is 4.14. The van der Waals surface area contributed by atoms with Crippen molar-refractivity contribution in [2.24, 2.45) is 5.92 Å². The predicted octanol–water partition coefficient (Wildman–Crippen LogP) is 3.16. The van der Waals surface area contributed by atoms with E-state index in [1.54, 1.807) is 12.4 Å². The van der Waals surface area contributed by atoms with Crippen LogP contribution in [0.25, 0.3) is 22.2 Å². The quantitative estimate of drug-likeness (QED) is 0.654. The number of nitrogens with one attached hydrogen (secondary N) is 2. The van der Waals surface area contributed by atoms with Crippen LogP contribution in [0.3, 0.4) is 0 Å². The zero-order valence-corrected chi connectivity index (χ0v) is 17.0. The van der Waals surface area contributed by atoms with E-state index in [2.05, 4.69) is 31.9 Å². The van der Waals surface area contributed by atoms with Gasteiger partial charge in [-0.1, -0.05) is 12.5 Å². The minimum Gasteiger partial charge on any atom is -0.366 e. The second-order valence-corrected chi connectivity index (χ2v) is 8.34. The van der Waals surface area contributed by atoms with Crippen molar-refractivity contribution in [3.63, 3.8) is 0 Å². The second kappa shape index (κ2) is 8.44. The molecule has 7 nitrogen and oxygen atoms in total. The topological polar surface area (TPSA) is 92.7 Å². The summed E-state index contributed by atoms with van der Waals surface area (Å²) in [5.74, 6) is 1.31. The summed E-state index contributed by atoms with van der Waals surface area (Å²) in [5, 5.41) is 16.4. The minimum atomic E-state index is 0.222. The highest BCUT2D eigenvalue weighted by atomic mass is 16.1. The van der Waals surface area contributed by atoms with Crippen LogP contribution in [0.1, 0.15) is 37.8 Å². The summed E-state index contributed by atoms with van der Waals surface area (Å²) in [6.07, 6.45) is 9.30. The first kappa shape index (κ1) is 19.1. The molecule has 1 aliphatic carbocycles. The average Bonchev–Trinajstić information content (AvgIpc) is 2.73. The van der Waals surface area contributed by atoms with Gasteiger partial charge in [0, 0.05) is 22.9 Å². The van der Waals surface area contributed by atoms with E-state index in [-0.39, 0.29) is 11.7 Å². The van der Waals surface area contributed by atoms with Gasteiger partial charge in [-0.05, 0) is 57.0 Å². The maximum absolute atomic E-state index is 12.3. The number of aromatic nitrogens is 4. The zero-order valence-electron chi connectivity index (χ0n) is 17.0. The van der Waals surface area contributed by atoms with Gasteiger partial charge in [-0.3, -0.25) is 9.78 Å². The van der Waals surface area contributed by atoms with E-state index in [0.717, 1.165) is 78.9 Å². The fourth-order valence-corrected chi connectivity index (χ4v) is 4.14. The molecule has 0 spiro atoms. The summed E-state index contributed by atoms with van der Waals surface area (Å²) < 4.78 is 0. The summed E-state index contributed by atoms with van der Waals surface area (Å²) in [7, 11) is 0. The molecule has 2 aromatic heterocycles. The van der Waals surface area contributed by atoms with Gasteiger partial charge in [0.1, 0.15) is 11.6 Å². The lowest BCUT2D eigenvalue weighted by molar-refractivity contribution is -0.124. The Morgan fingerprint density at radius 1 is 1.07 bits per heavy atom. The molecule has 1 aliphatic heterocycles. The number of benzene rings is 1. The Morgan fingerprint density at radius 3 is 2.73 bits per heavy atom. The van der Waals surface area contributed by atoms with Gasteiger partial charge in [-0.2, -0.15) is 10.2 Å². The lowest BCUT2D eigenvalue weighted by Crippen LogP contribution is -2.35. The van der Waals surface area contributed by atoms with Crippen molar-refractivity contribution in [2.75, 3.05) is 18.4 Å². The highest BCUT2D eigenvalue weighted by Gasteiger charge is 2.25. The van der Waals surface area contributed by atoms with E-state index >= 15 is 0 Å². The van der Waals surface area contributed by atoms with Crippen LogP contribution in [0.5, 0.6) is 0 Å². The Kier molecular flexibility index (Phi) is 5.36. The first-order valence-electron chi connectivity index (χ1n) is 10.8. The number of ketones is 1. The van der Waals surface area contributed by atoms with Gasteiger partial charge in [-0.25, -0.2) is 4.98 Å². The minimum absolute atomic E-state index is 0.222. The van der Waals surface area contributed by atoms with E-state index in [9.17, 15) is 4.79 Å². The number of anilines is 1. The molecule has 0 atom stereocenters. The molecular weight excluding hydrogens is 376 g/mol. The monoisotopic (exact) mass is 402 g/mol. The molecule has 2 N–H and O–H groups in total. The Hall–Kier alpha value is -2.93. The molecule has 30 heavy (non-hydrogen) atoms. The first-order valence-corrected chi connectivity index (χ1v) is 10.8. The third-order valence-corrected chi connectivity index (χ3v) is 6.17. The number of rotatable bonds is 6. The standard InChI is InChI=1S/C23H26N6O/c30-22(15-2-1-3-15)12-19-11-17-10-16(4-5-20(17)29-28-19)21-13-25-14-23(27-21)26-18-6-8-24-9-7-18/h4-5,10-11,13-15,18,24H,1-3,6-9,12H2,(H,26,27). The third kappa shape index (κ3) is 4.16. The van der Waals surface area contributed by atoms with Crippen LogP contribution in [0.15, 0.2) is 36.7 Å². The molecule has 7 heteroatoms. The highest BCUT2D eigenvalue weighted by Crippen LogP contribution is 2.28. The average molecular weight is 403 g/mol. The summed E-state index contributed by atoms with van der Waals surface area (Å²) >= 11 is 0. The number of nitrogens with zero attached hydrogens (tertiary/aromatic N) is 4. The van der Waals surface area contributed by atoms with Crippen LogP contribution < -0.4 is 10.6 Å². The number of fused-ring (bicyclic) bond motifs is 1. The van der Waals surface area contributed by atoms with E-state index in [1.165, 1.54) is 0 Å². The molecule has 0 unspecified atom stereocenters. The Labute approximate surface area is 175 Å². The van der Waals surface area contributed by atoms with Crippen LogP contribution in [0, 0.1) is 5.92 Å². The van der Waals surface area contributed by atoms with E-state index in [4.69, 9.17) is 4.98 Å². The van der Waals surface area contributed by atoms with Gasteiger partial charge < -0.3 is 10.6 Å². The van der Waals surface area contributed by atoms with Crippen molar-refractivity contribution in [2.45, 2.75) is 44.6 Å². The molecule has 2 fully saturated rings. The molecule has 0 amide bonds. The van der Waals surface area contributed by atoms with Gasteiger partial charge in [0.15, 0.2) is 0 Å². The molecule has 5 rings (SSSR count). The van der Waals surface area contributed by atoms with Crippen LogP contribution in [0.4, 0.5) is 5.82 Å². The van der Waals surface area contributed by atoms with Gasteiger partial charge in [0.25, 0.3) is 0 Å². The largest absolute Gasteiger partial charge is 0.366 e. The lowest BCUT2D eigenvalue weighted by atomic mass is 9.81. The van der Waals surface area contributed by atoms with Crippen LogP contribution in [-0.4, -0.2) is 45.1 Å². The third-order valence-electron chi connectivity index (χ3n) is 6.17. The van der Waals surface area contributed by atoms with Gasteiger partial charge in [-0.15, -0.1) is 0 Å². The molecule has 1 saturated heterocycles. The summed E-state index contributed by atoms with van der Waals surface area (Å²) in [6, 6.07) is 8.41. The van der Waals surface area contributed by atoms with Crippen LogP contribution >= 0.6 is 0 Å². The molecule has 3 heterocycles. The van der Waals surface area contributed by atoms with E-state index in [1.807, 2.05) is 18.2 Å². The molecule has 3 aromatic rings. The van der Waals surface area contributed by atoms with Crippen molar-refractivity contribution in [3.8, 4) is 11.3 Å². The fraction of sp³-hybridized carbons (Fsp3) is 0.435. The van der Waals surface area contributed by atoms with Gasteiger partial charge >= 0.3 is 0 Å². The van der Waals surface area contributed by atoms with Crippen molar-refractivity contribution in [1.82, 2.24) is 25.5 Å². The maximum atomic E-state index is 12.3. The molecule has 1 saturated carbocycles.